The molecule has 0 saturated heterocycles. The number of hydrogen-bond acceptors (Lipinski definition) is 3. The highest BCUT2D eigenvalue weighted by molar-refractivity contribution is 7.99. The Bertz CT molecular complexity index is 730. The van der Waals surface area contributed by atoms with E-state index in [1.54, 1.807) is 0 Å². The van der Waals surface area contributed by atoms with Gasteiger partial charge >= 0.3 is 0 Å². The van der Waals surface area contributed by atoms with E-state index in [0.29, 0.717) is 5.76 Å². The molecule has 0 bridgehead atoms. The second-order valence-corrected chi connectivity index (χ2v) is 18.0. The first kappa shape index (κ1) is 46.0. The summed E-state index contributed by atoms with van der Waals surface area (Å²) < 4.78 is 0. The standard InChI is InChI=1S/C45H86OS2/c1-4-6-8-10-12-14-16-18-20-22-24-26-28-30-32-34-38-47-41-43-36-37-44(46)45(3,40-43)42-48-39-35-33-31-29-27-25-23-21-19-17-15-13-11-9-7-5-2/h36-37,46H,4-35,38-42H2,1-3H3. The van der Waals surface area contributed by atoms with Gasteiger partial charge in [0.15, 0.2) is 0 Å². The van der Waals surface area contributed by atoms with E-state index in [2.05, 4.69) is 50.4 Å². The van der Waals surface area contributed by atoms with E-state index < -0.39 is 0 Å². The number of aliphatic hydroxyl groups excluding tert-OH is 1. The Morgan fingerprint density at radius 1 is 0.458 bits per heavy atom. The first-order valence-corrected chi connectivity index (χ1v) is 24.2. The lowest BCUT2D eigenvalue weighted by Crippen LogP contribution is -2.26. The lowest BCUT2D eigenvalue weighted by atomic mass is 9.80. The van der Waals surface area contributed by atoms with Crippen molar-refractivity contribution in [3.63, 3.8) is 0 Å². The summed E-state index contributed by atoms with van der Waals surface area (Å²) in [6.07, 6.45) is 51.2. The van der Waals surface area contributed by atoms with Gasteiger partial charge in [0.25, 0.3) is 0 Å². The molecule has 1 nitrogen and oxygen atoms in total. The highest BCUT2D eigenvalue weighted by atomic mass is 32.2. The number of rotatable bonds is 38. The molecule has 0 heterocycles. The molecule has 1 N–H and O–H groups in total. The van der Waals surface area contributed by atoms with E-state index in [1.807, 2.05) is 6.08 Å². The largest absolute Gasteiger partial charge is 0.512 e. The number of thioether (sulfide) groups is 2. The van der Waals surface area contributed by atoms with E-state index in [1.165, 1.54) is 223 Å². The number of hydrogen-bond donors (Lipinski definition) is 1. The summed E-state index contributed by atoms with van der Waals surface area (Å²) in [5, 5.41) is 10.7. The molecule has 0 saturated carbocycles. The Morgan fingerprint density at radius 2 is 0.771 bits per heavy atom. The fourth-order valence-corrected chi connectivity index (χ4v) is 9.54. The lowest BCUT2D eigenvalue weighted by molar-refractivity contribution is 0.257. The van der Waals surface area contributed by atoms with Crippen molar-refractivity contribution < 1.29 is 5.11 Å². The summed E-state index contributed by atoms with van der Waals surface area (Å²) in [7, 11) is 0. The van der Waals surface area contributed by atoms with Crippen LogP contribution in [0.1, 0.15) is 233 Å². The molecule has 1 atom stereocenters. The quantitative estimate of drug-likeness (QED) is 0.0646. The summed E-state index contributed by atoms with van der Waals surface area (Å²) in [5.41, 5.74) is 1.46. The predicted octanol–water partition coefficient (Wildman–Crippen LogP) is 16.8. The van der Waals surface area contributed by atoms with Gasteiger partial charge in [-0.25, -0.2) is 0 Å². The Morgan fingerprint density at radius 3 is 1.12 bits per heavy atom. The first-order chi connectivity index (χ1) is 23.6. The van der Waals surface area contributed by atoms with Crippen molar-refractivity contribution in [3.8, 4) is 0 Å². The van der Waals surface area contributed by atoms with Crippen LogP contribution in [0.5, 0.6) is 0 Å². The number of aliphatic hydroxyl groups is 1. The molecule has 1 rings (SSSR count). The minimum Gasteiger partial charge on any atom is -0.512 e. The molecular formula is C45H86OS2. The van der Waals surface area contributed by atoms with Gasteiger partial charge < -0.3 is 5.11 Å². The van der Waals surface area contributed by atoms with E-state index in [4.69, 9.17) is 0 Å². The van der Waals surface area contributed by atoms with E-state index in [9.17, 15) is 5.11 Å². The molecule has 0 fully saturated rings. The minimum atomic E-state index is -0.0708. The minimum absolute atomic E-state index is 0.0708. The highest BCUT2D eigenvalue weighted by Crippen LogP contribution is 2.40. The maximum atomic E-state index is 10.7. The molecule has 48 heavy (non-hydrogen) atoms. The summed E-state index contributed by atoms with van der Waals surface area (Å²) in [6.45, 7) is 6.89. The Kier molecular flexibility index (Phi) is 33.9. The molecule has 0 amide bonds. The molecule has 0 aromatic rings. The normalized spacial score (nSPS) is 16.4. The predicted molar refractivity (Wildman–Crippen MR) is 225 cm³/mol. The Hall–Kier alpha value is -0.0200. The Labute approximate surface area is 311 Å². The third-order valence-corrected chi connectivity index (χ3v) is 13.3. The average Bonchev–Trinajstić information content (AvgIpc) is 3.08. The summed E-state index contributed by atoms with van der Waals surface area (Å²) in [6, 6.07) is 0. The molecule has 0 aliphatic heterocycles. The van der Waals surface area contributed by atoms with Gasteiger partial charge in [0.1, 0.15) is 0 Å². The number of allylic oxidation sites excluding steroid dienone is 3. The number of unbranched alkanes of at least 4 members (excludes halogenated alkanes) is 30. The Balaban J connectivity index is 1.89. The zero-order valence-corrected chi connectivity index (χ0v) is 34.7. The van der Waals surface area contributed by atoms with Crippen LogP contribution in [-0.4, -0.2) is 28.1 Å². The monoisotopic (exact) mass is 707 g/mol. The third-order valence-electron chi connectivity index (χ3n) is 10.7. The third kappa shape index (κ3) is 28.7. The van der Waals surface area contributed by atoms with Gasteiger partial charge in [-0.1, -0.05) is 225 Å². The summed E-state index contributed by atoms with van der Waals surface area (Å²) in [4.78, 5) is 0. The smallest absolute Gasteiger partial charge is 0.0992 e. The molecule has 1 unspecified atom stereocenters. The fourth-order valence-electron chi connectivity index (χ4n) is 7.28. The van der Waals surface area contributed by atoms with Crippen molar-refractivity contribution >= 4 is 23.5 Å². The van der Waals surface area contributed by atoms with Crippen LogP contribution in [0.15, 0.2) is 23.5 Å². The van der Waals surface area contributed by atoms with Gasteiger partial charge in [0, 0.05) is 16.9 Å². The van der Waals surface area contributed by atoms with Crippen LogP contribution in [0.3, 0.4) is 0 Å². The van der Waals surface area contributed by atoms with Crippen molar-refractivity contribution in [2.75, 3.05) is 23.0 Å². The molecule has 0 radical (unpaired) electrons. The van der Waals surface area contributed by atoms with Crippen LogP contribution in [0.4, 0.5) is 0 Å². The van der Waals surface area contributed by atoms with Crippen molar-refractivity contribution in [2.24, 2.45) is 5.41 Å². The summed E-state index contributed by atoms with van der Waals surface area (Å²) >= 11 is 4.18. The molecule has 0 aromatic carbocycles. The van der Waals surface area contributed by atoms with Gasteiger partial charge in [-0.15, -0.1) is 0 Å². The van der Waals surface area contributed by atoms with Crippen LogP contribution in [0.25, 0.3) is 0 Å². The van der Waals surface area contributed by atoms with Crippen molar-refractivity contribution in [2.45, 2.75) is 233 Å². The zero-order chi connectivity index (χ0) is 34.6. The molecule has 0 aromatic heterocycles. The van der Waals surface area contributed by atoms with Crippen molar-refractivity contribution in [1.29, 1.82) is 0 Å². The maximum absolute atomic E-state index is 10.7. The molecule has 0 spiro atoms. The lowest BCUT2D eigenvalue weighted by Gasteiger charge is -2.32. The summed E-state index contributed by atoms with van der Waals surface area (Å²) in [5.74, 6) is 5.33. The van der Waals surface area contributed by atoms with Crippen molar-refractivity contribution in [1.82, 2.24) is 0 Å². The van der Waals surface area contributed by atoms with Gasteiger partial charge in [-0.2, -0.15) is 23.5 Å². The fraction of sp³-hybridized carbons (Fsp3) is 0.911. The second-order valence-electron chi connectivity index (χ2n) is 15.8. The van der Waals surface area contributed by atoms with Gasteiger partial charge in [0.2, 0.25) is 0 Å². The molecule has 284 valence electrons. The highest BCUT2D eigenvalue weighted by Gasteiger charge is 2.32. The van der Waals surface area contributed by atoms with Gasteiger partial charge in [0.05, 0.1) is 5.76 Å². The van der Waals surface area contributed by atoms with Crippen LogP contribution in [0.2, 0.25) is 0 Å². The van der Waals surface area contributed by atoms with Crippen LogP contribution >= 0.6 is 23.5 Å². The van der Waals surface area contributed by atoms with E-state index in [-0.39, 0.29) is 5.41 Å². The average molecular weight is 707 g/mol. The molecule has 3 heteroatoms. The van der Waals surface area contributed by atoms with Gasteiger partial charge in [-0.3, -0.25) is 0 Å². The van der Waals surface area contributed by atoms with Crippen LogP contribution < -0.4 is 0 Å². The topological polar surface area (TPSA) is 20.2 Å². The van der Waals surface area contributed by atoms with Crippen molar-refractivity contribution in [3.05, 3.63) is 23.5 Å². The maximum Gasteiger partial charge on any atom is 0.0992 e. The van der Waals surface area contributed by atoms with E-state index >= 15 is 0 Å². The molecule has 1 aliphatic rings. The van der Waals surface area contributed by atoms with Crippen LogP contribution in [0, 0.1) is 5.41 Å². The van der Waals surface area contributed by atoms with Gasteiger partial charge in [-0.05, 0) is 36.8 Å². The van der Waals surface area contributed by atoms with Crippen LogP contribution in [-0.2, 0) is 0 Å². The first-order valence-electron chi connectivity index (χ1n) is 21.9. The molecule has 1 aliphatic carbocycles. The zero-order valence-electron chi connectivity index (χ0n) is 33.1. The molecular weight excluding hydrogens is 621 g/mol. The second kappa shape index (κ2) is 35.4. The SMILES string of the molecule is CCCCCCCCCCCCCCCCCCSCC1=CC=C(O)C(C)(CSCCCCCCCCCCCCCCCCCC)C1. The van der Waals surface area contributed by atoms with E-state index in [0.717, 1.165) is 17.9 Å².